The molecule has 0 aliphatic carbocycles. The van der Waals surface area contributed by atoms with Crippen molar-refractivity contribution in [1.29, 1.82) is 0 Å². The van der Waals surface area contributed by atoms with E-state index in [-0.39, 0.29) is 49.8 Å². The third-order valence-electron chi connectivity index (χ3n) is 8.36. The van der Waals surface area contributed by atoms with Gasteiger partial charge in [0.2, 0.25) is 11.8 Å². The zero-order valence-electron chi connectivity index (χ0n) is 33.1. The van der Waals surface area contributed by atoms with Crippen LogP contribution in [0.1, 0.15) is 129 Å². The molecule has 0 heterocycles. The number of hydrogen-bond acceptors (Lipinski definition) is 11. The monoisotopic (exact) mass is 777 g/mol. The Kier molecular flexibility index (Phi) is 38.0. The van der Waals surface area contributed by atoms with E-state index in [9.17, 15) is 29.1 Å². The van der Waals surface area contributed by atoms with Gasteiger partial charge in [-0.05, 0) is 26.2 Å². The van der Waals surface area contributed by atoms with Gasteiger partial charge in [-0.15, -0.1) is 0 Å². The van der Waals surface area contributed by atoms with Crippen LogP contribution < -0.4 is 10.6 Å². The summed E-state index contributed by atoms with van der Waals surface area (Å²) >= 11 is 0. The van der Waals surface area contributed by atoms with E-state index in [1.165, 1.54) is 51.9 Å². The van der Waals surface area contributed by atoms with E-state index in [1.807, 2.05) is 0 Å². The average molecular weight is 777 g/mol. The standard InChI is InChI=1S/C39H72N2O13/c1-34(42)20-22-49-24-26-51-28-30-53-32-33-54-31-29-52-27-25-50-23-21-40-36(43)19-18-35(39(47)48)41-37(44)16-14-12-10-8-6-4-2-3-5-7-9-11-13-15-17-38(45)46/h35H,2-33H2,1H3,(H,40,43)(H,41,44)(H,45,46)(H,47,48)/t35-/m0/s1. The van der Waals surface area contributed by atoms with Gasteiger partial charge in [-0.2, -0.15) is 0 Å². The molecular weight excluding hydrogens is 704 g/mol. The quantitative estimate of drug-likeness (QED) is 0.0612. The highest BCUT2D eigenvalue weighted by atomic mass is 16.6. The number of carboxylic acids is 2. The molecule has 15 heteroatoms. The molecule has 316 valence electrons. The van der Waals surface area contributed by atoms with E-state index in [0.29, 0.717) is 92.1 Å². The summed E-state index contributed by atoms with van der Waals surface area (Å²) in [5.74, 6) is -2.37. The lowest BCUT2D eigenvalue weighted by Gasteiger charge is -2.14. The van der Waals surface area contributed by atoms with Gasteiger partial charge in [0.15, 0.2) is 0 Å². The fourth-order valence-electron chi connectivity index (χ4n) is 5.25. The Morgan fingerprint density at radius 2 is 0.815 bits per heavy atom. The van der Waals surface area contributed by atoms with Crippen molar-refractivity contribution in [3.63, 3.8) is 0 Å². The van der Waals surface area contributed by atoms with Crippen LogP contribution in [0.4, 0.5) is 0 Å². The van der Waals surface area contributed by atoms with Gasteiger partial charge < -0.3 is 49.3 Å². The highest BCUT2D eigenvalue weighted by Crippen LogP contribution is 2.14. The lowest BCUT2D eigenvalue weighted by Crippen LogP contribution is -2.41. The molecule has 0 unspecified atom stereocenters. The first-order valence-corrected chi connectivity index (χ1v) is 20.2. The minimum Gasteiger partial charge on any atom is -0.481 e. The van der Waals surface area contributed by atoms with Crippen LogP contribution in [-0.4, -0.2) is 132 Å². The second kappa shape index (κ2) is 40.0. The number of nitrogens with one attached hydrogen (secondary N) is 2. The molecule has 4 N–H and O–H groups in total. The van der Waals surface area contributed by atoms with Crippen molar-refractivity contribution in [3.8, 4) is 0 Å². The van der Waals surface area contributed by atoms with Gasteiger partial charge >= 0.3 is 11.9 Å². The molecule has 0 aromatic heterocycles. The van der Waals surface area contributed by atoms with Crippen LogP contribution in [0.15, 0.2) is 0 Å². The maximum Gasteiger partial charge on any atom is 0.326 e. The largest absolute Gasteiger partial charge is 0.481 e. The number of ether oxygens (including phenoxy) is 6. The van der Waals surface area contributed by atoms with Gasteiger partial charge in [0.05, 0.1) is 79.3 Å². The zero-order valence-corrected chi connectivity index (χ0v) is 33.1. The van der Waals surface area contributed by atoms with Gasteiger partial charge in [0.25, 0.3) is 0 Å². The van der Waals surface area contributed by atoms with Gasteiger partial charge in [-0.1, -0.05) is 77.0 Å². The van der Waals surface area contributed by atoms with Gasteiger partial charge in [0.1, 0.15) is 11.8 Å². The first-order chi connectivity index (χ1) is 26.2. The summed E-state index contributed by atoms with van der Waals surface area (Å²) in [6.07, 6.45) is 16.2. The molecule has 0 saturated heterocycles. The molecule has 0 rings (SSSR count). The molecule has 0 saturated carbocycles. The van der Waals surface area contributed by atoms with Crippen LogP contribution in [0, 0.1) is 0 Å². The molecule has 54 heavy (non-hydrogen) atoms. The van der Waals surface area contributed by atoms with Crippen molar-refractivity contribution in [2.75, 3.05) is 85.8 Å². The molecule has 0 aliphatic rings. The third-order valence-corrected chi connectivity index (χ3v) is 8.36. The van der Waals surface area contributed by atoms with Crippen LogP contribution in [0.3, 0.4) is 0 Å². The average Bonchev–Trinajstić information content (AvgIpc) is 3.13. The summed E-state index contributed by atoms with van der Waals surface area (Å²) in [7, 11) is 0. The molecular formula is C39H72N2O13. The number of carboxylic acid groups (broad SMARTS) is 2. The van der Waals surface area contributed by atoms with E-state index in [1.54, 1.807) is 0 Å². The summed E-state index contributed by atoms with van der Waals surface area (Å²) < 4.78 is 32.4. The Balaban J connectivity index is 3.54. The molecule has 0 aromatic rings. The molecule has 0 spiro atoms. The number of rotatable bonds is 43. The topological polar surface area (TPSA) is 205 Å². The first-order valence-electron chi connectivity index (χ1n) is 20.2. The highest BCUT2D eigenvalue weighted by Gasteiger charge is 2.20. The number of carbonyl (C=O) groups excluding carboxylic acids is 3. The molecule has 2 amide bonds. The molecule has 15 nitrogen and oxygen atoms in total. The fraction of sp³-hybridized carbons (Fsp3) is 0.872. The lowest BCUT2D eigenvalue weighted by atomic mass is 10.0. The van der Waals surface area contributed by atoms with E-state index in [0.717, 1.165) is 38.5 Å². The normalized spacial score (nSPS) is 11.7. The van der Waals surface area contributed by atoms with Crippen molar-refractivity contribution in [2.24, 2.45) is 0 Å². The second-order valence-electron chi connectivity index (χ2n) is 13.3. The minimum absolute atomic E-state index is 0.0115. The molecule has 0 aromatic carbocycles. The molecule has 0 bridgehead atoms. The summed E-state index contributed by atoms with van der Waals surface area (Å²) in [6.45, 7) is 6.82. The predicted molar refractivity (Wildman–Crippen MR) is 204 cm³/mol. The Labute approximate surface area is 323 Å². The lowest BCUT2D eigenvalue weighted by molar-refractivity contribution is -0.142. The van der Waals surface area contributed by atoms with Crippen molar-refractivity contribution in [2.45, 2.75) is 135 Å². The van der Waals surface area contributed by atoms with E-state index in [4.69, 9.17) is 33.5 Å². The molecule has 1 atom stereocenters. The number of ketones is 1. The summed E-state index contributed by atoms with van der Waals surface area (Å²) in [6, 6.07) is -1.10. The minimum atomic E-state index is -1.16. The third kappa shape index (κ3) is 40.5. The summed E-state index contributed by atoms with van der Waals surface area (Å²) in [5.41, 5.74) is 0. The van der Waals surface area contributed by atoms with Gasteiger partial charge in [0, 0.05) is 32.2 Å². The van der Waals surface area contributed by atoms with Crippen molar-refractivity contribution < 1.29 is 62.6 Å². The summed E-state index contributed by atoms with van der Waals surface area (Å²) in [4.78, 5) is 57.4. The van der Waals surface area contributed by atoms with E-state index < -0.39 is 18.0 Å². The Morgan fingerprint density at radius 1 is 0.444 bits per heavy atom. The SMILES string of the molecule is CC(=O)CCOCCOCCOCCOCCOCCOCCNC(=O)CC[C@H](NC(=O)CCCCCCCCCCCCCCCCC(=O)O)C(=O)O. The van der Waals surface area contributed by atoms with Crippen LogP contribution in [0.25, 0.3) is 0 Å². The molecule has 0 aliphatic heterocycles. The maximum absolute atomic E-state index is 12.3. The Morgan fingerprint density at radius 3 is 1.20 bits per heavy atom. The number of aliphatic carboxylic acids is 2. The van der Waals surface area contributed by atoms with E-state index in [2.05, 4.69) is 10.6 Å². The maximum atomic E-state index is 12.3. The van der Waals surface area contributed by atoms with Crippen LogP contribution in [0.2, 0.25) is 0 Å². The number of unbranched alkanes of at least 4 members (excludes halogenated alkanes) is 13. The number of amides is 2. The Bertz CT molecular complexity index is 938. The molecule has 0 fully saturated rings. The predicted octanol–water partition coefficient (Wildman–Crippen LogP) is 4.86. The van der Waals surface area contributed by atoms with Crippen LogP contribution >= 0.6 is 0 Å². The smallest absolute Gasteiger partial charge is 0.326 e. The number of carbonyl (C=O) groups is 5. The van der Waals surface area contributed by atoms with Crippen LogP contribution in [0.5, 0.6) is 0 Å². The zero-order chi connectivity index (χ0) is 39.7. The number of Topliss-reactive ketones (excluding diaryl/α,β-unsaturated/α-hetero) is 1. The van der Waals surface area contributed by atoms with Gasteiger partial charge in [-0.3, -0.25) is 19.2 Å². The first kappa shape index (κ1) is 51.3. The van der Waals surface area contributed by atoms with Crippen molar-refractivity contribution in [1.82, 2.24) is 10.6 Å². The summed E-state index contributed by atoms with van der Waals surface area (Å²) in [5, 5.41) is 23.4. The van der Waals surface area contributed by atoms with Crippen LogP contribution in [-0.2, 0) is 52.4 Å². The number of hydrogen-bond donors (Lipinski definition) is 4. The van der Waals surface area contributed by atoms with E-state index >= 15 is 0 Å². The second-order valence-corrected chi connectivity index (χ2v) is 13.3. The van der Waals surface area contributed by atoms with Crippen molar-refractivity contribution >= 4 is 29.5 Å². The van der Waals surface area contributed by atoms with Gasteiger partial charge in [-0.25, -0.2) is 4.79 Å². The molecule has 0 radical (unpaired) electrons. The van der Waals surface area contributed by atoms with Crippen molar-refractivity contribution in [3.05, 3.63) is 0 Å². The Hall–Kier alpha value is -2.69. The fourth-order valence-corrected chi connectivity index (χ4v) is 5.25. The highest BCUT2D eigenvalue weighted by molar-refractivity contribution is 5.84.